The van der Waals surface area contributed by atoms with Crippen molar-refractivity contribution >= 4 is 5.78 Å². The van der Waals surface area contributed by atoms with Crippen molar-refractivity contribution in [3.05, 3.63) is 0 Å². The Labute approximate surface area is 243 Å². The first-order chi connectivity index (χ1) is 19.1. The molecule has 5 aliphatic rings. The van der Waals surface area contributed by atoms with E-state index in [-0.39, 0.29) is 10.8 Å². The Morgan fingerprint density at radius 2 is 0.846 bits per heavy atom. The minimum absolute atomic E-state index is 0.135. The van der Waals surface area contributed by atoms with Gasteiger partial charge in [0.05, 0.1) is 0 Å². The van der Waals surface area contributed by atoms with Crippen molar-refractivity contribution in [1.82, 2.24) is 0 Å². The molecule has 5 rings (SSSR count). The number of hydrogen-bond acceptors (Lipinski definition) is 1. The van der Waals surface area contributed by atoms with Crippen LogP contribution < -0.4 is 0 Å². The van der Waals surface area contributed by atoms with Gasteiger partial charge < -0.3 is 0 Å². The molecule has 0 amide bonds. The van der Waals surface area contributed by atoms with Crippen LogP contribution >= 0.6 is 0 Å². The molecule has 5 fully saturated rings. The summed E-state index contributed by atoms with van der Waals surface area (Å²) in [6, 6.07) is 0. The van der Waals surface area contributed by atoms with E-state index in [2.05, 4.69) is 13.8 Å². The van der Waals surface area contributed by atoms with Crippen LogP contribution in [0.1, 0.15) is 187 Å². The lowest BCUT2D eigenvalue weighted by atomic mass is 9.42. The van der Waals surface area contributed by atoms with E-state index in [1.807, 2.05) is 0 Å². The summed E-state index contributed by atoms with van der Waals surface area (Å²) in [6.45, 7) is 4.65. The minimum Gasteiger partial charge on any atom is -0.298 e. The molecule has 0 aromatic carbocycles. The Hall–Kier alpha value is -0.330. The Bertz CT molecular complexity index is 720. The zero-order valence-electron chi connectivity index (χ0n) is 26.5. The Kier molecular flexibility index (Phi) is 11.0. The normalized spacial score (nSPS) is 41.1. The van der Waals surface area contributed by atoms with Gasteiger partial charge in [-0.3, -0.25) is 4.79 Å². The summed E-state index contributed by atoms with van der Waals surface area (Å²) in [6.07, 6.45) is 38.2. The quantitative estimate of drug-likeness (QED) is 0.226. The van der Waals surface area contributed by atoms with Gasteiger partial charge in [-0.15, -0.1) is 0 Å². The van der Waals surface area contributed by atoms with Crippen LogP contribution in [0.3, 0.4) is 0 Å². The number of carbonyl (C=O) groups is 1. The van der Waals surface area contributed by atoms with Crippen LogP contribution in [-0.2, 0) is 4.79 Å². The largest absolute Gasteiger partial charge is 0.298 e. The molecule has 5 saturated carbocycles. The minimum atomic E-state index is 0.135. The third-order valence-electron chi connectivity index (χ3n) is 13.7. The van der Waals surface area contributed by atoms with Crippen molar-refractivity contribution in [3.8, 4) is 0 Å². The number of carbonyl (C=O) groups excluding carboxylic acids is 1. The van der Waals surface area contributed by atoms with Gasteiger partial charge in [0.25, 0.3) is 0 Å². The van der Waals surface area contributed by atoms with E-state index < -0.39 is 0 Å². The van der Waals surface area contributed by atoms with Crippen molar-refractivity contribution < 1.29 is 4.79 Å². The van der Waals surface area contributed by atoms with Gasteiger partial charge >= 0.3 is 0 Å². The summed E-state index contributed by atoms with van der Waals surface area (Å²) >= 11 is 0. The second-order valence-electron chi connectivity index (χ2n) is 16.0. The van der Waals surface area contributed by atoms with Crippen molar-refractivity contribution in [1.29, 1.82) is 0 Å². The lowest BCUT2D eigenvalue weighted by molar-refractivity contribution is -0.170. The van der Waals surface area contributed by atoms with Crippen LogP contribution in [0.5, 0.6) is 0 Å². The maximum absolute atomic E-state index is 13.9. The Morgan fingerprint density at radius 1 is 0.487 bits per heavy atom. The zero-order valence-corrected chi connectivity index (χ0v) is 26.5. The highest BCUT2D eigenvalue weighted by atomic mass is 16.1. The summed E-state index contributed by atoms with van der Waals surface area (Å²) in [7, 11) is 0. The van der Waals surface area contributed by atoms with Crippen molar-refractivity contribution in [2.24, 2.45) is 46.3 Å². The molecule has 0 atom stereocenters. The van der Waals surface area contributed by atoms with Crippen LogP contribution in [0, 0.1) is 46.3 Å². The smallest absolute Gasteiger partial charge is 0.145 e. The van der Waals surface area contributed by atoms with E-state index in [1.54, 1.807) is 0 Å². The predicted molar refractivity (Wildman–Crippen MR) is 167 cm³/mol. The molecule has 224 valence electrons. The molecule has 2 spiro atoms. The van der Waals surface area contributed by atoms with Gasteiger partial charge in [0, 0.05) is 10.8 Å². The molecule has 0 saturated heterocycles. The van der Waals surface area contributed by atoms with Crippen LogP contribution in [-0.4, -0.2) is 5.78 Å². The molecule has 0 aromatic heterocycles. The predicted octanol–water partition coefficient (Wildman–Crippen LogP) is 11.9. The highest BCUT2D eigenvalue weighted by Gasteiger charge is 2.63. The summed E-state index contributed by atoms with van der Waals surface area (Å²) in [5, 5.41) is 0. The SMILES string of the molecule is CCCCCCCC1CCC(C2CC[C@]3(CC2)C[C@@]2(CC[C@H](C4CCC(CCCCC)CC4)CC2)C3=O)CC1. The second kappa shape index (κ2) is 14.2. The maximum Gasteiger partial charge on any atom is 0.145 e. The molecule has 0 N–H and O–H groups in total. The van der Waals surface area contributed by atoms with E-state index >= 15 is 0 Å². The monoisotopic (exact) mass is 539 g/mol. The van der Waals surface area contributed by atoms with E-state index in [4.69, 9.17) is 0 Å². The van der Waals surface area contributed by atoms with Crippen molar-refractivity contribution in [2.45, 2.75) is 187 Å². The van der Waals surface area contributed by atoms with Crippen molar-refractivity contribution in [3.63, 3.8) is 0 Å². The molecule has 0 aliphatic heterocycles. The molecule has 5 aliphatic carbocycles. The summed E-state index contributed by atoms with van der Waals surface area (Å²) in [5.74, 6) is 6.68. The van der Waals surface area contributed by atoms with Gasteiger partial charge in [0.2, 0.25) is 0 Å². The molecule has 0 radical (unpaired) electrons. The summed E-state index contributed by atoms with van der Waals surface area (Å²) in [4.78, 5) is 13.9. The molecular formula is C38H66O. The number of rotatable bonds is 12. The first-order valence-corrected chi connectivity index (χ1v) is 18.6. The molecule has 0 heterocycles. The Morgan fingerprint density at radius 3 is 1.26 bits per heavy atom. The topological polar surface area (TPSA) is 17.1 Å². The molecule has 39 heavy (non-hydrogen) atoms. The van der Waals surface area contributed by atoms with Crippen molar-refractivity contribution in [2.75, 3.05) is 0 Å². The fourth-order valence-corrected chi connectivity index (χ4v) is 11.0. The summed E-state index contributed by atoms with van der Waals surface area (Å²) in [5.41, 5.74) is 0.269. The molecule has 1 nitrogen and oxygen atoms in total. The van der Waals surface area contributed by atoms with E-state index in [0.717, 1.165) is 41.3 Å². The average molecular weight is 539 g/mol. The number of ketones is 1. The zero-order chi connectivity index (χ0) is 27.1. The molecule has 0 aromatic rings. The highest BCUT2D eigenvalue weighted by Crippen LogP contribution is 2.65. The molecule has 1 heteroatoms. The van der Waals surface area contributed by atoms with Gasteiger partial charge in [0.1, 0.15) is 5.78 Å². The third-order valence-corrected chi connectivity index (χ3v) is 13.7. The summed E-state index contributed by atoms with van der Waals surface area (Å²) < 4.78 is 0. The first kappa shape index (κ1) is 30.1. The fraction of sp³-hybridized carbons (Fsp3) is 0.974. The fourth-order valence-electron chi connectivity index (χ4n) is 11.0. The molecule has 0 bridgehead atoms. The van der Waals surface area contributed by atoms with E-state index in [9.17, 15) is 4.79 Å². The number of hydrogen-bond donors (Lipinski definition) is 0. The van der Waals surface area contributed by atoms with Gasteiger partial charge in [-0.25, -0.2) is 0 Å². The van der Waals surface area contributed by atoms with E-state index in [0.29, 0.717) is 0 Å². The lowest BCUT2D eigenvalue weighted by Gasteiger charge is -2.60. The second-order valence-corrected chi connectivity index (χ2v) is 16.0. The lowest BCUT2D eigenvalue weighted by Crippen LogP contribution is -2.60. The van der Waals surface area contributed by atoms with Gasteiger partial charge in [-0.05, 0) is 119 Å². The van der Waals surface area contributed by atoms with Crippen LogP contribution in [0.15, 0.2) is 0 Å². The van der Waals surface area contributed by atoms with Crippen LogP contribution in [0.4, 0.5) is 0 Å². The molecule has 0 unspecified atom stereocenters. The number of Topliss-reactive ketones (excluding diaryl/α,β-unsaturated/α-hetero) is 1. The van der Waals surface area contributed by atoms with E-state index in [1.165, 1.54) is 173 Å². The average Bonchev–Trinajstić information content (AvgIpc) is 2.98. The molecular weight excluding hydrogens is 472 g/mol. The van der Waals surface area contributed by atoms with Crippen LogP contribution in [0.25, 0.3) is 0 Å². The Balaban J connectivity index is 0.982. The van der Waals surface area contributed by atoms with Gasteiger partial charge in [-0.2, -0.15) is 0 Å². The first-order valence-electron chi connectivity index (χ1n) is 18.6. The highest BCUT2D eigenvalue weighted by molar-refractivity contribution is 5.96. The van der Waals surface area contributed by atoms with Crippen LogP contribution in [0.2, 0.25) is 0 Å². The van der Waals surface area contributed by atoms with Gasteiger partial charge in [0.15, 0.2) is 0 Å². The van der Waals surface area contributed by atoms with Gasteiger partial charge in [-0.1, -0.05) is 104 Å². The number of unbranched alkanes of at least 4 members (excludes halogenated alkanes) is 6. The maximum atomic E-state index is 13.9. The standard InChI is InChI=1S/C38H66O/c1-3-5-7-8-10-12-31-15-19-33(20-16-31)35-23-27-38(28-24-35)29-37(36(38)39)25-21-34(22-26-37)32-17-13-30(14-18-32)11-9-6-4-2/h30-35H,3-29H2,1-2H3/t30?,31?,32?,33?,34-,35?,37-,38-. The third kappa shape index (κ3) is 7.19.